The van der Waals surface area contributed by atoms with E-state index in [0.29, 0.717) is 13.2 Å². The van der Waals surface area contributed by atoms with Gasteiger partial charge in [-0.25, -0.2) is 0 Å². The van der Waals surface area contributed by atoms with Gasteiger partial charge in [0.15, 0.2) is 0 Å². The van der Waals surface area contributed by atoms with Crippen LogP contribution in [0.5, 0.6) is 0 Å². The maximum absolute atomic E-state index is 12.4. The Bertz CT molecular complexity index is 203. The van der Waals surface area contributed by atoms with Crippen molar-refractivity contribution in [3.05, 3.63) is 0 Å². The molecule has 1 atom stereocenters. The van der Waals surface area contributed by atoms with Crippen molar-refractivity contribution in [1.29, 1.82) is 0 Å². The van der Waals surface area contributed by atoms with Gasteiger partial charge in [0.1, 0.15) is 0 Å². The van der Waals surface area contributed by atoms with Crippen LogP contribution in [0.1, 0.15) is 20.8 Å². The molecule has 3 nitrogen and oxygen atoms in total. The maximum atomic E-state index is 12.4. The van der Waals surface area contributed by atoms with Gasteiger partial charge in [0, 0.05) is 0 Å². The van der Waals surface area contributed by atoms with Crippen LogP contribution in [-0.2, 0) is 13.6 Å². The zero-order valence-corrected chi connectivity index (χ0v) is 12.8. The SMILES string of the molecule is [Li][Se]C(C)(SC)P(=O)(OCC)OCC. The Labute approximate surface area is 105 Å². The molecule has 0 amide bonds. The van der Waals surface area contributed by atoms with Crippen LogP contribution in [0.2, 0.25) is 0 Å². The van der Waals surface area contributed by atoms with E-state index in [9.17, 15) is 4.57 Å². The molecule has 0 aliphatic carbocycles. The summed E-state index contributed by atoms with van der Waals surface area (Å²) in [5.41, 5.74) is 0. The molecule has 0 saturated carbocycles. The van der Waals surface area contributed by atoms with Crippen LogP contribution < -0.4 is 0 Å². The van der Waals surface area contributed by atoms with Gasteiger partial charge in [-0.05, 0) is 0 Å². The Kier molecular flexibility index (Phi) is 7.86. The van der Waals surface area contributed by atoms with Crippen molar-refractivity contribution in [2.75, 3.05) is 19.5 Å². The molecule has 0 rings (SSSR count). The van der Waals surface area contributed by atoms with Gasteiger partial charge in [0.2, 0.25) is 0 Å². The predicted molar refractivity (Wildman–Crippen MR) is 64.3 cm³/mol. The molecule has 0 fully saturated rings. The van der Waals surface area contributed by atoms with Crippen LogP contribution in [0.3, 0.4) is 0 Å². The Morgan fingerprint density at radius 3 is 2.07 bits per heavy atom. The van der Waals surface area contributed by atoms with E-state index in [4.69, 9.17) is 9.05 Å². The minimum absolute atomic E-state index is 0.215. The molecular formula is C7H16LiO3PSSe. The van der Waals surface area contributed by atoms with Crippen molar-refractivity contribution in [3.8, 4) is 0 Å². The molecule has 0 aromatic rings. The second-order valence-electron chi connectivity index (χ2n) is 2.64. The summed E-state index contributed by atoms with van der Waals surface area (Å²) < 4.78 is 22.8. The quantitative estimate of drug-likeness (QED) is 0.532. The van der Waals surface area contributed by atoms with Gasteiger partial charge >= 0.3 is 105 Å². The number of thioether (sulfide) groups is 1. The van der Waals surface area contributed by atoms with Crippen LogP contribution in [0.15, 0.2) is 0 Å². The van der Waals surface area contributed by atoms with Crippen molar-refractivity contribution < 1.29 is 13.6 Å². The third-order valence-corrected chi connectivity index (χ3v) is 11.9. The summed E-state index contributed by atoms with van der Waals surface area (Å²) >= 11 is 3.85. The molecule has 1 unspecified atom stereocenters. The van der Waals surface area contributed by atoms with Gasteiger partial charge in [-0.2, -0.15) is 0 Å². The van der Waals surface area contributed by atoms with E-state index in [-0.39, 0.29) is 16.2 Å². The molecule has 0 bridgehead atoms. The van der Waals surface area contributed by atoms with E-state index in [0.717, 1.165) is 0 Å². The summed E-state index contributed by atoms with van der Waals surface area (Å²) in [4.78, 5) is 0. The Hall–Kier alpha value is 1.62. The molecule has 0 N–H and O–H groups in total. The fraction of sp³-hybridized carbons (Fsp3) is 1.00. The Morgan fingerprint density at radius 1 is 1.43 bits per heavy atom. The summed E-state index contributed by atoms with van der Waals surface area (Å²) in [5.74, 6) is 0. The molecule has 0 aliphatic rings. The van der Waals surface area contributed by atoms with E-state index in [2.05, 4.69) is 15.8 Å². The number of hydrogen-bond acceptors (Lipinski definition) is 4. The molecule has 0 spiro atoms. The second kappa shape index (κ2) is 7.04. The third-order valence-electron chi connectivity index (χ3n) is 1.85. The molecule has 7 heteroatoms. The molecule has 0 aromatic carbocycles. The molecule has 80 valence electrons. The van der Waals surface area contributed by atoms with E-state index >= 15 is 0 Å². The topological polar surface area (TPSA) is 35.5 Å². The monoisotopic (exact) mass is 298 g/mol. The summed E-state index contributed by atoms with van der Waals surface area (Å²) in [6, 6.07) is 0. The number of hydrogen-bond donors (Lipinski definition) is 0. The summed E-state index contributed by atoms with van der Waals surface area (Å²) in [6.45, 7) is 6.51. The molecular weight excluding hydrogens is 281 g/mol. The first-order chi connectivity index (χ1) is 6.49. The number of rotatable bonds is 7. The average molecular weight is 297 g/mol. The van der Waals surface area contributed by atoms with E-state index in [1.165, 1.54) is 0 Å². The van der Waals surface area contributed by atoms with E-state index < -0.39 is 7.60 Å². The van der Waals surface area contributed by atoms with Crippen LogP contribution in [0.25, 0.3) is 0 Å². The molecule has 0 saturated heterocycles. The van der Waals surface area contributed by atoms with Crippen molar-refractivity contribution in [2.45, 2.75) is 24.2 Å². The summed E-state index contributed by atoms with van der Waals surface area (Å²) in [7, 11) is -2.95. The average Bonchev–Trinajstić information content (AvgIpc) is 2.17. The fourth-order valence-corrected chi connectivity index (χ4v) is 6.86. The van der Waals surface area contributed by atoms with Crippen LogP contribution in [-0.4, -0.2) is 51.4 Å². The van der Waals surface area contributed by atoms with Gasteiger partial charge in [-0.1, -0.05) is 0 Å². The zero-order chi connectivity index (χ0) is 11.2. The van der Waals surface area contributed by atoms with Gasteiger partial charge < -0.3 is 0 Å². The van der Waals surface area contributed by atoms with Crippen molar-refractivity contribution >= 4 is 47.9 Å². The summed E-state index contributed by atoms with van der Waals surface area (Å²) in [6.07, 6.45) is 1.95. The van der Waals surface area contributed by atoms with Gasteiger partial charge in [-0.15, -0.1) is 0 Å². The fourth-order valence-electron chi connectivity index (χ4n) is 0.919. The van der Waals surface area contributed by atoms with Crippen molar-refractivity contribution in [3.63, 3.8) is 0 Å². The normalized spacial score (nSPS) is 16.7. The van der Waals surface area contributed by atoms with Crippen molar-refractivity contribution in [1.82, 2.24) is 0 Å². The first-order valence-corrected chi connectivity index (χ1v) is 9.82. The van der Waals surface area contributed by atoms with Crippen LogP contribution in [0.4, 0.5) is 0 Å². The zero-order valence-electron chi connectivity index (χ0n) is 9.40. The predicted octanol–water partition coefficient (Wildman–Crippen LogP) is 2.08. The first kappa shape index (κ1) is 15.6. The third kappa shape index (κ3) is 3.58. The van der Waals surface area contributed by atoms with Gasteiger partial charge in [-0.3, -0.25) is 0 Å². The van der Waals surface area contributed by atoms with Gasteiger partial charge in [0.25, 0.3) is 0 Å². The first-order valence-electron chi connectivity index (χ1n) is 4.49. The van der Waals surface area contributed by atoms with Gasteiger partial charge in [0.05, 0.1) is 0 Å². The minimum atomic E-state index is -2.95. The molecule has 0 aliphatic heterocycles. The van der Waals surface area contributed by atoms with Crippen LogP contribution >= 0.6 is 19.4 Å². The van der Waals surface area contributed by atoms with Crippen molar-refractivity contribution in [2.24, 2.45) is 0 Å². The van der Waals surface area contributed by atoms with Crippen LogP contribution in [0, 0.1) is 0 Å². The molecule has 14 heavy (non-hydrogen) atoms. The van der Waals surface area contributed by atoms with E-state index in [1.54, 1.807) is 11.8 Å². The molecule has 0 radical (unpaired) electrons. The molecule has 0 heterocycles. The standard InChI is InChI=1S/C7H17O3PSSe.Li/c1-5-9-11(8,10-6-2)7(3,13)12-4;/h13H,5-6H2,1-4H3;/q;+1/p-1. The Balaban J connectivity index is 4.86. The second-order valence-corrected chi connectivity index (χ2v) is 10.4. The molecule has 0 aromatic heterocycles. The summed E-state index contributed by atoms with van der Waals surface area (Å²) in [5, 5.41) is 0. The Morgan fingerprint density at radius 2 is 1.86 bits per heavy atom. The van der Waals surface area contributed by atoms with E-state index in [1.807, 2.05) is 27.0 Å².